The standard InChI is InChI=1S/C9H10Cl2N2/c10-7-1-2-8(11)9-6(7)3-5(4-12)13-9/h1-2,5,13H,3-4,12H2. The molecule has 2 rings (SSSR count). The number of nitrogens with one attached hydrogen (secondary N) is 1. The SMILES string of the molecule is NCC1Cc2c(Cl)ccc(Cl)c2N1. The Balaban J connectivity index is 2.43. The zero-order chi connectivity index (χ0) is 9.42. The van der Waals surface area contributed by atoms with Crippen molar-refractivity contribution in [3.8, 4) is 0 Å². The number of fused-ring (bicyclic) bond motifs is 1. The lowest BCUT2D eigenvalue weighted by molar-refractivity contribution is 0.760. The minimum atomic E-state index is 0.271. The number of benzene rings is 1. The number of rotatable bonds is 1. The van der Waals surface area contributed by atoms with E-state index in [9.17, 15) is 0 Å². The maximum atomic E-state index is 6.02. The summed E-state index contributed by atoms with van der Waals surface area (Å²) >= 11 is 12.0. The molecular weight excluding hydrogens is 207 g/mol. The smallest absolute Gasteiger partial charge is 0.0641 e. The van der Waals surface area contributed by atoms with Crippen molar-refractivity contribution in [2.45, 2.75) is 12.5 Å². The third-order valence-corrected chi connectivity index (χ3v) is 2.96. The molecule has 0 bridgehead atoms. The van der Waals surface area contributed by atoms with E-state index in [4.69, 9.17) is 28.9 Å². The molecule has 4 heteroatoms. The molecule has 0 radical (unpaired) electrons. The summed E-state index contributed by atoms with van der Waals surface area (Å²) in [6.07, 6.45) is 0.866. The topological polar surface area (TPSA) is 38.0 Å². The summed E-state index contributed by atoms with van der Waals surface area (Å²) in [5.41, 5.74) is 7.60. The molecule has 1 atom stereocenters. The summed E-state index contributed by atoms with van der Waals surface area (Å²) in [6.45, 7) is 0.599. The average molecular weight is 217 g/mol. The predicted octanol–water partition coefficient (Wildman–Crippen LogP) is 2.29. The molecule has 1 aromatic carbocycles. The first-order valence-corrected chi connectivity index (χ1v) is 4.91. The first kappa shape index (κ1) is 9.13. The molecule has 1 aliphatic rings. The van der Waals surface area contributed by atoms with E-state index in [1.807, 2.05) is 6.07 Å². The maximum Gasteiger partial charge on any atom is 0.0641 e. The van der Waals surface area contributed by atoms with Gasteiger partial charge in [-0.3, -0.25) is 0 Å². The van der Waals surface area contributed by atoms with Gasteiger partial charge in [-0.1, -0.05) is 23.2 Å². The van der Waals surface area contributed by atoms with Crippen LogP contribution in [0.1, 0.15) is 5.56 Å². The minimum Gasteiger partial charge on any atom is -0.379 e. The summed E-state index contributed by atoms with van der Waals surface area (Å²) in [6, 6.07) is 3.89. The molecule has 0 saturated heterocycles. The van der Waals surface area contributed by atoms with Crippen LogP contribution < -0.4 is 11.1 Å². The van der Waals surface area contributed by atoms with Gasteiger partial charge in [-0.2, -0.15) is 0 Å². The molecular formula is C9H10Cl2N2. The molecule has 3 N–H and O–H groups in total. The van der Waals surface area contributed by atoms with Crippen LogP contribution in [0.25, 0.3) is 0 Å². The van der Waals surface area contributed by atoms with Gasteiger partial charge in [0.05, 0.1) is 10.7 Å². The highest BCUT2D eigenvalue weighted by molar-refractivity contribution is 6.36. The first-order valence-electron chi connectivity index (χ1n) is 4.16. The summed E-state index contributed by atoms with van der Waals surface area (Å²) in [5, 5.41) is 4.74. The third-order valence-electron chi connectivity index (χ3n) is 2.29. The second-order valence-electron chi connectivity index (χ2n) is 3.16. The first-order chi connectivity index (χ1) is 6.22. The van der Waals surface area contributed by atoms with Crippen LogP contribution in [0.15, 0.2) is 12.1 Å². The fraction of sp³-hybridized carbons (Fsp3) is 0.333. The molecule has 70 valence electrons. The van der Waals surface area contributed by atoms with Crippen molar-refractivity contribution >= 4 is 28.9 Å². The molecule has 2 nitrogen and oxygen atoms in total. The quantitative estimate of drug-likeness (QED) is 0.757. The van der Waals surface area contributed by atoms with Gasteiger partial charge in [-0.05, 0) is 24.1 Å². The van der Waals surface area contributed by atoms with E-state index >= 15 is 0 Å². The molecule has 0 amide bonds. The number of hydrogen-bond acceptors (Lipinski definition) is 2. The van der Waals surface area contributed by atoms with Crippen LogP contribution in [-0.2, 0) is 6.42 Å². The second-order valence-corrected chi connectivity index (χ2v) is 3.98. The van der Waals surface area contributed by atoms with Gasteiger partial charge in [0, 0.05) is 17.6 Å². The molecule has 1 heterocycles. The number of hydrogen-bond donors (Lipinski definition) is 2. The lowest BCUT2D eigenvalue weighted by atomic mass is 10.1. The van der Waals surface area contributed by atoms with E-state index in [2.05, 4.69) is 5.32 Å². The van der Waals surface area contributed by atoms with Gasteiger partial charge in [-0.25, -0.2) is 0 Å². The fourth-order valence-corrected chi connectivity index (χ4v) is 2.06. The molecule has 0 spiro atoms. The molecule has 1 aromatic rings. The van der Waals surface area contributed by atoms with Crippen molar-refractivity contribution in [2.75, 3.05) is 11.9 Å². The van der Waals surface area contributed by atoms with Gasteiger partial charge in [0.1, 0.15) is 0 Å². The third kappa shape index (κ3) is 1.50. The van der Waals surface area contributed by atoms with E-state index in [1.54, 1.807) is 6.07 Å². The molecule has 1 aliphatic heterocycles. The van der Waals surface area contributed by atoms with Crippen LogP contribution in [-0.4, -0.2) is 12.6 Å². The Hall–Kier alpha value is -0.440. The Morgan fingerprint density at radius 2 is 2.08 bits per heavy atom. The largest absolute Gasteiger partial charge is 0.379 e. The lowest BCUT2D eigenvalue weighted by Gasteiger charge is -2.07. The number of anilines is 1. The molecule has 0 aromatic heterocycles. The van der Waals surface area contributed by atoms with E-state index in [1.165, 1.54) is 0 Å². The Kier molecular flexibility index (Phi) is 2.37. The van der Waals surface area contributed by atoms with Gasteiger partial charge in [0.25, 0.3) is 0 Å². The van der Waals surface area contributed by atoms with Crippen LogP contribution in [0.2, 0.25) is 10.0 Å². The Morgan fingerprint density at radius 3 is 2.69 bits per heavy atom. The molecule has 13 heavy (non-hydrogen) atoms. The number of nitrogens with two attached hydrogens (primary N) is 1. The highest BCUT2D eigenvalue weighted by atomic mass is 35.5. The summed E-state index contributed by atoms with van der Waals surface area (Å²) in [7, 11) is 0. The van der Waals surface area contributed by atoms with Crippen molar-refractivity contribution in [1.82, 2.24) is 0 Å². The van der Waals surface area contributed by atoms with Crippen molar-refractivity contribution in [3.05, 3.63) is 27.7 Å². The minimum absolute atomic E-state index is 0.271. The van der Waals surface area contributed by atoms with E-state index < -0.39 is 0 Å². The van der Waals surface area contributed by atoms with Crippen LogP contribution in [0.4, 0.5) is 5.69 Å². The maximum absolute atomic E-state index is 6.02. The van der Waals surface area contributed by atoms with Crippen LogP contribution in [0, 0.1) is 0 Å². The van der Waals surface area contributed by atoms with Crippen molar-refractivity contribution in [3.63, 3.8) is 0 Å². The molecule has 1 unspecified atom stereocenters. The molecule has 0 aliphatic carbocycles. The lowest BCUT2D eigenvalue weighted by Crippen LogP contribution is -2.25. The zero-order valence-corrected chi connectivity index (χ0v) is 8.49. The summed E-state index contributed by atoms with van der Waals surface area (Å²) < 4.78 is 0. The normalized spacial score (nSPS) is 19.8. The predicted molar refractivity (Wildman–Crippen MR) is 56.6 cm³/mol. The zero-order valence-electron chi connectivity index (χ0n) is 6.98. The molecule has 0 saturated carbocycles. The van der Waals surface area contributed by atoms with Gasteiger partial charge in [-0.15, -0.1) is 0 Å². The van der Waals surface area contributed by atoms with E-state index in [-0.39, 0.29) is 6.04 Å². The highest BCUT2D eigenvalue weighted by Gasteiger charge is 2.23. The Morgan fingerprint density at radius 1 is 1.38 bits per heavy atom. The van der Waals surface area contributed by atoms with Crippen molar-refractivity contribution in [1.29, 1.82) is 0 Å². The number of halogens is 2. The molecule has 0 fully saturated rings. The van der Waals surface area contributed by atoms with Gasteiger partial charge >= 0.3 is 0 Å². The Bertz CT molecular complexity index is 308. The van der Waals surface area contributed by atoms with Crippen molar-refractivity contribution in [2.24, 2.45) is 5.73 Å². The fourth-order valence-electron chi connectivity index (χ4n) is 1.59. The monoisotopic (exact) mass is 216 g/mol. The van der Waals surface area contributed by atoms with Crippen molar-refractivity contribution < 1.29 is 0 Å². The summed E-state index contributed by atoms with van der Waals surface area (Å²) in [5.74, 6) is 0. The van der Waals surface area contributed by atoms with Gasteiger partial charge < -0.3 is 11.1 Å². The van der Waals surface area contributed by atoms with E-state index in [0.717, 1.165) is 27.7 Å². The van der Waals surface area contributed by atoms with Crippen LogP contribution >= 0.6 is 23.2 Å². The Labute approximate surface area is 87.0 Å². The second kappa shape index (κ2) is 3.37. The van der Waals surface area contributed by atoms with Crippen LogP contribution in [0.5, 0.6) is 0 Å². The van der Waals surface area contributed by atoms with E-state index in [0.29, 0.717) is 6.54 Å². The summed E-state index contributed by atoms with van der Waals surface area (Å²) in [4.78, 5) is 0. The van der Waals surface area contributed by atoms with Gasteiger partial charge in [0.2, 0.25) is 0 Å². The highest BCUT2D eigenvalue weighted by Crippen LogP contribution is 2.37. The van der Waals surface area contributed by atoms with Gasteiger partial charge in [0.15, 0.2) is 0 Å². The van der Waals surface area contributed by atoms with Crippen LogP contribution in [0.3, 0.4) is 0 Å². The average Bonchev–Trinajstić information content (AvgIpc) is 2.56.